The van der Waals surface area contributed by atoms with Crippen LogP contribution in [0.15, 0.2) is 46.9 Å². The zero-order chi connectivity index (χ0) is 16.7. The van der Waals surface area contributed by atoms with Crippen molar-refractivity contribution < 1.29 is 9.59 Å². The molecule has 0 saturated carbocycles. The first-order valence-electron chi connectivity index (χ1n) is 7.64. The van der Waals surface area contributed by atoms with Gasteiger partial charge in [0.2, 0.25) is 0 Å². The smallest absolute Gasteiger partial charge is 0.262 e. The summed E-state index contributed by atoms with van der Waals surface area (Å²) in [6, 6.07) is 12.7. The zero-order valence-electron chi connectivity index (χ0n) is 13.3. The van der Waals surface area contributed by atoms with E-state index in [9.17, 15) is 9.59 Å². The Morgan fingerprint density at radius 3 is 2.04 bits per heavy atom. The third-order valence-corrected chi connectivity index (χ3v) is 4.93. The highest BCUT2D eigenvalue weighted by molar-refractivity contribution is 9.10. The van der Waals surface area contributed by atoms with Crippen LogP contribution >= 0.6 is 15.9 Å². The Kier molecular flexibility index (Phi) is 4.11. The lowest BCUT2D eigenvalue weighted by atomic mass is 9.93. The van der Waals surface area contributed by atoms with Gasteiger partial charge >= 0.3 is 0 Å². The molecule has 3 nitrogen and oxygen atoms in total. The summed E-state index contributed by atoms with van der Waals surface area (Å²) < 4.78 is 0.915. The molecule has 3 rings (SSSR count). The Morgan fingerprint density at radius 2 is 1.52 bits per heavy atom. The van der Waals surface area contributed by atoms with Crippen LogP contribution in [0.2, 0.25) is 0 Å². The van der Waals surface area contributed by atoms with Gasteiger partial charge in [0.15, 0.2) is 0 Å². The van der Waals surface area contributed by atoms with Gasteiger partial charge < -0.3 is 0 Å². The number of benzene rings is 2. The minimum atomic E-state index is -0.295. The molecule has 0 N–H and O–H groups in total. The average molecular weight is 372 g/mol. The molecule has 2 aromatic rings. The van der Waals surface area contributed by atoms with Crippen molar-refractivity contribution in [2.45, 2.75) is 26.8 Å². The van der Waals surface area contributed by atoms with E-state index < -0.39 is 0 Å². The fourth-order valence-electron chi connectivity index (χ4n) is 3.15. The van der Waals surface area contributed by atoms with Gasteiger partial charge in [-0.05, 0) is 36.6 Å². The SMILES string of the molecule is Cc1ccc(Br)c([C@@H](C(C)C)N2C(=O)c3ccccc3C2=O)c1. The van der Waals surface area contributed by atoms with E-state index in [4.69, 9.17) is 0 Å². The van der Waals surface area contributed by atoms with Crippen molar-refractivity contribution in [2.24, 2.45) is 5.92 Å². The van der Waals surface area contributed by atoms with Gasteiger partial charge in [-0.3, -0.25) is 14.5 Å². The van der Waals surface area contributed by atoms with E-state index in [0.717, 1.165) is 15.6 Å². The van der Waals surface area contributed by atoms with Gasteiger partial charge in [0, 0.05) is 4.47 Å². The normalized spacial score (nSPS) is 15.3. The van der Waals surface area contributed by atoms with Crippen molar-refractivity contribution in [3.63, 3.8) is 0 Å². The molecule has 0 saturated heterocycles. The van der Waals surface area contributed by atoms with E-state index in [1.165, 1.54) is 4.90 Å². The van der Waals surface area contributed by atoms with Crippen LogP contribution in [0.1, 0.15) is 51.7 Å². The first kappa shape index (κ1) is 15.9. The van der Waals surface area contributed by atoms with Gasteiger partial charge in [0.25, 0.3) is 11.8 Å². The van der Waals surface area contributed by atoms with Crippen molar-refractivity contribution in [2.75, 3.05) is 0 Å². The number of rotatable bonds is 3. The topological polar surface area (TPSA) is 37.4 Å². The lowest BCUT2D eigenvalue weighted by Gasteiger charge is -2.31. The van der Waals surface area contributed by atoms with Crippen molar-refractivity contribution in [1.29, 1.82) is 0 Å². The van der Waals surface area contributed by atoms with Crippen LogP contribution in [-0.4, -0.2) is 16.7 Å². The summed E-state index contributed by atoms with van der Waals surface area (Å²) in [4.78, 5) is 27.0. The van der Waals surface area contributed by atoms with Crippen LogP contribution in [-0.2, 0) is 0 Å². The Labute approximate surface area is 144 Å². The first-order valence-corrected chi connectivity index (χ1v) is 8.44. The zero-order valence-corrected chi connectivity index (χ0v) is 14.9. The summed E-state index contributed by atoms with van der Waals surface area (Å²) in [7, 11) is 0. The fraction of sp³-hybridized carbons (Fsp3) is 0.263. The molecule has 2 aromatic carbocycles. The van der Waals surface area contributed by atoms with Gasteiger partial charge in [-0.1, -0.05) is 59.6 Å². The van der Waals surface area contributed by atoms with Gasteiger partial charge in [-0.2, -0.15) is 0 Å². The largest absolute Gasteiger partial charge is 0.269 e. The number of carbonyl (C=O) groups excluding carboxylic acids is 2. The quantitative estimate of drug-likeness (QED) is 0.729. The molecule has 0 fully saturated rings. The van der Waals surface area contributed by atoms with Crippen molar-refractivity contribution in [3.05, 3.63) is 69.2 Å². The maximum Gasteiger partial charge on any atom is 0.262 e. The first-order chi connectivity index (χ1) is 10.9. The predicted molar refractivity (Wildman–Crippen MR) is 93.4 cm³/mol. The molecule has 23 heavy (non-hydrogen) atoms. The number of nitrogens with zero attached hydrogens (tertiary/aromatic N) is 1. The highest BCUT2D eigenvalue weighted by atomic mass is 79.9. The minimum absolute atomic E-state index is 0.107. The molecule has 0 radical (unpaired) electrons. The molecule has 2 amide bonds. The van der Waals surface area contributed by atoms with E-state index in [-0.39, 0.29) is 23.8 Å². The fourth-order valence-corrected chi connectivity index (χ4v) is 3.63. The average Bonchev–Trinajstić information content (AvgIpc) is 2.76. The van der Waals surface area contributed by atoms with Crippen LogP contribution in [0.4, 0.5) is 0 Å². The molecule has 118 valence electrons. The van der Waals surface area contributed by atoms with E-state index in [1.807, 2.05) is 39.0 Å². The standard InChI is InChI=1S/C19H18BrNO2/c1-11(2)17(15-10-12(3)8-9-16(15)20)21-18(22)13-6-4-5-7-14(13)19(21)23/h4-11,17H,1-3H3/t17-/m1/s1. The third kappa shape index (κ3) is 2.61. The maximum absolute atomic E-state index is 12.8. The Bertz CT molecular complexity index is 763. The molecule has 0 aromatic heterocycles. The van der Waals surface area contributed by atoms with Crippen molar-refractivity contribution >= 4 is 27.7 Å². The number of halogens is 1. The van der Waals surface area contributed by atoms with E-state index in [0.29, 0.717) is 11.1 Å². The molecule has 1 atom stereocenters. The molecule has 4 heteroatoms. The minimum Gasteiger partial charge on any atom is -0.269 e. The number of carbonyl (C=O) groups is 2. The lowest BCUT2D eigenvalue weighted by molar-refractivity contribution is 0.0537. The van der Waals surface area contributed by atoms with Crippen LogP contribution < -0.4 is 0 Å². The molecular formula is C19H18BrNO2. The number of hydrogen-bond donors (Lipinski definition) is 0. The summed E-state index contributed by atoms with van der Waals surface area (Å²) in [5.41, 5.74) is 3.05. The molecular weight excluding hydrogens is 354 g/mol. The molecule has 1 aliphatic rings. The molecule has 1 aliphatic heterocycles. The molecule has 0 spiro atoms. The Morgan fingerprint density at radius 1 is 0.957 bits per heavy atom. The predicted octanol–water partition coefficient (Wildman–Crippen LogP) is 4.75. The summed E-state index contributed by atoms with van der Waals surface area (Å²) in [6.45, 7) is 6.07. The Hall–Kier alpha value is -1.94. The highest BCUT2D eigenvalue weighted by Crippen LogP contribution is 2.38. The summed E-state index contributed by atoms with van der Waals surface area (Å²) in [5.74, 6) is -0.314. The van der Waals surface area contributed by atoms with Crippen LogP contribution in [0.5, 0.6) is 0 Å². The second-order valence-corrected chi connectivity index (χ2v) is 7.09. The molecule has 1 heterocycles. The maximum atomic E-state index is 12.8. The lowest BCUT2D eigenvalue weighted by Crippen LogP contribution is -2.37. The van der Waals surface area contributed by atoms with Crippen molar-refractivity contribution in [3.8, 4) is 0 Å². The van der Waals surface area contributed by atoms with Gasteiger partial charge in [0.05, 0.1) is 17.2 Å². The molecule has 0 unspecified atom stereocenters. The number of amides is 2. The number of aryl methyl sites for hydroxylation is 1. The molecule has 0 aliphatic carbocycles. The van der Waals surface area contributed by atoms with Crippen molar-refractivity contribution in [1.82, 2.24) is 4.90 Å². The summed E-state index contributed by atoms with van der Waals surface area (Å²) in [5, 5.41) is 0. The van der Waals surface area contributed by atoms with Crippen LogP contribution in [0.25, 0.3) is 0 Å². The van der Waals surface area contributed by atoms with E-state index >= 15 is 0 Å². The second kappa shape index (κ2) is 5.93. The second-order valence-electron chi connectivity index (χ2n) is 6.24. The Balaban J connectivity index is 2.12. The number of imide groups is 1. The summed E-state index contributed by atoms with van der Waals surface area (Å²) >= 11 is 3.57. The summed E-state index contributed by atoms with van der Waals surface area (Å²) in [6.07, 6.45) is 0. The van der Waals surface area contributed by atoms with E-state index in [2.05, 4.69) is 15.9 Å². The van der Waals surface area contributed by atoms with Crippen LogP contribution in [0, 0.1) is 12.8 Å². The monoisotopic (exact) mass is 371 g/mol. The van der Waals surface area contributed by atoms with Gasteiger partial charge in [0.1, 0.15) is 0 Å². The third-order valence-electron chi connectivity index (χ3n) is 4.21. The molecule has 0 bridgehead atoms. The highest BCUT2D eigenvalue weighted by Gasteiger charge is 2.41. The van der Waals surface area contributed by atoms with E-state index in [1.54, 1.807) is 24.3 Å². The number of hydrogen-bond acceptors (Lipinski definition) is 2. The van der Waals surface area contributed by atoms with Crippen LogP contribution in [0.3, 0.4) is 0 Å². The number of fused-ring (bicyclic) bond motifs is 1. The van der Waals surface area contributed by atoms with Gasteiger partial charge in [-0.25, -0.2) is 0 Å². The van der Waals surface area contributed by atoms with Gasteiger partial charge in [-0.15, -0.1) is 0 Å².